The average Bonchev–Trinajstić information content (AvgIpc) is 2.19. The van der Waals surface area contributed by atoms with E-state index in [9.17, 15) is 4.79 Å². The van der Waals surface area contributed by atoms with Crippen LogP contribution in [0.1, 0.15) is 40.0 Å². The Morgan fingerprint density at radius 1 is 1.46 bits per heavy atom. The van der Waals surface area contributed by atoms with Crippen LogP contribution in [0.4, 0.5) is 0 Å². The second kappa shape index (κ2) is 8.05. The first-order chi connectivity index (χ1) is 6.29. The minimum Gasteiger partial charge on any atom is -0.376 e. The van der Waals surface area contributed by atoms with Crippen LogP contribution in [-0.4, -0.2) is 25.2 Å². The quantitative estimate of drug-likeness (QED) is 0.714. The molecule has 1 aliphatic heterocycles. The fourth-order valence-electron chi connectivity index (χ4n) is 1.23. The monoisotopic (exact) mass is 187 g/mol. The van der Waals surface area contributed by atoms with E-state index < -0.39 is 0 Å². The number of carbonyl (C=O) groups is 1. The molecule has 0 saturated carbocycles. The third-order valence-corrected chi connectivity index (χ3v) is 1.85. The van der Waals surface area contributed by atoms with Crippen LogP contribution in [0.5, 0.6) is 0 Å². The zero-order valence-corrected chi connectivity index (χ0v) is 8.93. The van der Waals surface area contributed by atoms with Crippen molar-refractivity contribution >= 4 is 5.91 Å². The molecule has 0 bridgehead atoms. The zero-order valence-electron chi connectivity index (χ0n) is 8.93. The van der Waals surface area contributed by atoms with Gasteiger partial charge in [0.2, 0.25) is 5.91 Å². The third kappa shape index (κ3) is 6.58. The summed E-state index contributed by atoms with van der Waals surface area (Å²) in [6, 6.07) is 0. The normalized spacial score (nSPS) is 21.3. The Labute approximate surface area is 80.8 Å². The maximum absolute atomic E-state index is 10.5. The molecule has 0 aromatic rings. The molecular weight excluding hydrogens is 166 g/mol. The molecule has 0 radical (unpaired) electrons. The van der Waals surface area contributed by atoms with Gasteiger partial charge in [0.25, 0.3) is 0 Å². The highest BCUT2D eigenvalue weighted by atomic mass is 16.5. The number of rotatable bonds is 2. The first-order valence-corrected chi connectivity index (χ1v) is 5.15. The van der Waals surface area contributed by atoms with Gasteiger partial charge in [0, 0.05) is 20.1 Å². The van der Waals surface area contributed by atoms with E-state index in [1.807, 2.05) is 13.8 Å². The average molecular weight is 187 g/mol. The third-order valence-electron chi connectivity index (χ3n) is 1.85. The molecule has 0 aromatic carbocycles. The molecule has 1 N–H and O–H groups in total. The summed E-state index contributed by atoms with van der Waals surface area (Å²) >= 11 is 0. The smallest absolute Gasteiger partial charge is 0.216 e. The Hall–Kier alpha value is -0.570. The van der Waals surface area contributed by atoms with Gasteiger partial charge < -0.3 is 10.1 Å². The molecule has 1 fully saturated rings. The van der Waals surface area contributed by atoms with Crippen LogP contribution in [0, 0.1) is 0 Å². The first-order valence-electron chi connectivity index (χ1n) is 5.15. The number of hydrogen-bond acceptors (Lipinski definition) is 2. The molecule has 3 heteroatoms. The van der Waals surface area contributed by atoms with Crippen LogP contribution >= 0.6 is 0 Å². The van der Waals surface area contributed by atoms with Crippen molar-refractivity contribution in [3.63, 3.8) is 0 Å². The van der Waals surface area contributed by atoms with Crippen LogP contribution in [-0.2, 0) is 9.53 Å². The van der Waals surface area contributed by atoms with Crippen molar-refractivity contribution in [2.24, 2.45) is 0 Å². The molecule has 3 nitrogen and oxygen atoms in total. The van der Waals surface area contributed by atoms with Crippen molar-refractivity contribution in [2.45, 2.75) is 46.1 Å². The fourth-order valence-corrected chi connectivity index (χ4v) is 1.23. The Morgan fingerprint density at radius 3 is 2.62 bits per heavy atom. The molecule has 0 aliphatic carbocycles. The summed E-state index contributed by atoms with van der Waals surface area (Å²) < 4.78 is 5.41. The molecular formula is C10H21NO2. The summed E-state index contributed by atoms with van der Waals surface area (Å²) in [4.78, 5) is 10.5. The van der Waals surface area contributed by atoms with E-state index in [1.54, 1.807) is 0 Å². The van der Waals surface area contributed by atoms with Crippen LogP contribution in [0.15, 0.2) is 0 Å². The van der Waals surface area contributed by atoms with Crippen molar-refractivity contribution in [1.82, 2.24) is 5.32 Å². The molecule has 13 heavy (non-hydrogen) atoms. The molecule has 1 aliphatic rings. The van der Waals surface area contributed by atoms with Crippen molar-refractivity contribution in [3.05, 3.63) is 0 Å². The van der Waals surface area contributed by atoms with Crippen molar-refractivity contribution in [2.75, 3.05) is 13.2 Å². The van der Waals surface area contributed by atoms with Crippen molar-refractivity contribution in [3.8, 4) is 0 Å². The molecule has 1 atom stereocenters. The molecule has 1 heterocycles. The van der Waals surface area contributed by atoms with E-state index >= 15 is 0 Å². The molecule has 1 rings (SSSR count). The molecule has 1 amide bonds. The van der Waals surface area contributed by atoms with E-state index in [2.05, 4.69) is 5.32 Å². The van der Waals surface area contributed by atoms with Crippen LogP contribution in [0.25, 0.3) is 0 Å². The predicted molar refractivity (Wildman–Crippen MR) is 53.6 cm³/mol. The second-order valence-corrected chi connectivity index (χ2v) is 2.93. The highest BCUT2D eigenvalue weighted by Gasteiger charge is 2.13. The number of nitrogens with one attached hydrogen (secondary N) is 1. The SMILES string of the molecule is CC.CC(=O)NCC1CCCCO1. The molecule has 78 valence electrons. The lowest BCUT2D eigenvalue weighted by Crippen LogP contribution is -2.34. The molecule has 0 spiro atoms. The lowest BCUT2D eigenvalue weighted by molar-refractivity contribution is -0.119. The van der Waals surface area contributed by atoms with Crippen molar-refractivity contribution < 1.29 is 9.53 Å². The number of hydrogen-bond donors (Lipinski definition) is 1. The van der Waals surface area contributed by atoms with Gasteiger partial charge in [-0.1, -0.05) is 13.8 Å². The Balaban J connectivity index is 0.000000671. The topological polar surface area (TPSA) is 38.3 Å². The largest absolute Gasteiger partial charge is 0.376 e. The van der Waals surface area contributed by atoms with Gasteiger partial charge in [-0.2, -0.15) is 0 Å². The summed E-state index contributed by atoms with van der Waals surface area (Å²) in [5, 5.41) is 2.75. The summed E-state index contributed by atoms with van der Waals surface area (Å²) in [6.07, 6.45) is 3.73. The summed E-state index contributed by atoms with van der Waals surface area (Å²) in [7, 11) is 0. The van der Waals surface area contributed by atoms with E-state index in [4.69, 9.17) is 4.74 Å². The lowest BCUT2D eigenvalue weighted by atomic mass is 10.1. The van der Waals surface area contributed by atoms with Gasteiger partial charge >= 0.3 is 0 Å². The molecule has 1 saturated heterocycles. The van der Waals surface area contributed by atoms with Gasteiger partial charge in [-0.3, -0.25) is 4.79 Å². The highest BCUT2D eigenvalue weighted by Crippen LogP contribution is 2.11. The standard InChI is InChI=1S/C8H15NO2.C2H6/c1-7(10)9-6-8-4-2-3-5-11-8;1-2/h8H,2-6H2,1H3,(H,9,10);1-2H3. The minimum absolute atomic E-state index is 0.0270. The van der Waals surface area contributed by atoms with E-state index in [0.717, 1.165) is 19.4 Å². The number of amides is 1. The van der Waals surface area contributed by atoms with E-state index in [-0.39, 0.29) is 12.0 Å². The van der Waals surface area contributed by atoms with Gasteiger partial charge in [0.15, 0.2) is 0 Å². The minimum atomic E-state index is 0.0270. The van der Waals surface area contributed by atoms with Gasteiger partial charge in [0.05, 0.1) is 6.10 Å². The fraction of sp³-hybridized carbons (Fsp3) is 0.900. The summed E-state index contributed by atoms with van der Waals surface area (Å²) in [5.41, 5.74) is 0. The predicted octanol–water partition coefficient (Wildman–Crippen LogP) is 1.72. The van der Waals surface area contributed by atoms with Gasteiger partial charge in [-0.15, -0.1) is 0 Å². The first kappa shape index (κ1) is 12.4. The van der Waals surface area contributed by atoms with Crippen LogP contribution < -0.4 is 5.32 Å². The van der Waals surface area contributed by atoms with Crippen LogP contribution in [0.3, 0.4) is 0 Å². The second-order valence-electron chi connectivity index (χ2n) is 2.93. The van der Waals surface area contributed by atoms with Crippen molar-refractivity contribution in [1.29, 1.82) is 0 Å². The van der Waals surface area contributed by atoms with Crippen LogP contribution in [0.2, 0.25) is 0 Å². The molecule has 0 aromatic heterocycles. The summed E-state index contributed by atoms with van der Waals surface area (Å²) in [5.74, 6) is 0.0270. The van der Waals surface area contributed by atoms with Gasteiger partial charge in [-0.25, -0.2) is 0 Å². The lowest BCUT2D eigenvalue weighted by Gasteiger charge is -2.22. The number of carbonyl (C=O) groups excluding carboxylic acids is 1. The van der Waals surface area contributed by atoms with Gasteiger partial charge in [0.1, 0.15) is 0 Å². The zero-order chi connectivity index (χ0) is 10.1. The van der Waals surface area contributed by atoms with Gasteiger partial charge in [-0.05, 0) is 19.3 Å². The maximum Gasteiger partial charge on any atom is 0.216 e. The van der Waals surface area contributed by atoms with E-state index in [0.29, 0.717) is 6.54 Å². The Morgan fingerprint density at radius 2 is 2.15 bits per heavy atom. The Kier molecular flexibility index (Phi) is 7.69. The summed E-state index contributed by atoms with van der Waals surface area (Å²) in [6.45, 7) is 7.06. The number of ether oxygens (including phenoxy) is 1. The Bertz CT molecular complexity index is 131. The molecule has 1 unspecified atom stereocenters. The highest BCUT2D eigenvalue weighted by molar-refractivity contribution is 5.72. The van der Waals surface area contributed by atoms with E-state index in [1.165, 1.54) is 13.3 Å². The maximum atomic E-state index is 10.5.